The van der Waals surface area contributed by atoms with Crippen LogP contribution in [-0.2, 0) is 4.79 Å². The highest BCUT2D eigenvalue weighted by Gasteiger charge is 2.13. The van der Waals surface area contributed by atoms with Crippen LogP contribution in [0.3, 0.4) is 0 Å². The molecule has 0 spiro atoms. The summed E-state index contributed by atoms with van der Waals surface area (Å²) in [5, 5.41) is 2.12. The van der Waals surface area contributed by atoms with E-state index in [1.54, 1.807) is 30.3 Å². The summed E-state index contributed by atoms with van der Waals surface area (Å²) in [5.41, 5.74) is 0.495. The fraction of sp³-hybridized carbons (Fsp3) is 0.143. The minimum absolute atomic E-state index is 0.0890. The van der Waals surface area contributed by atoms with Crippen LogP contribution in [0.1, 0.15) is 17.3 Å². The molecule has 0 radical (unpaired) electrons. The standard InChI is InChI=1S/C21H17ClO5/c1-13(23)14-7-9-19(20(11-14)25-2)26-12-21(24)27-18-10-8-17(22)15-5-3-4-6-16(15)18/h3-11H,12H2,1-2H3. The molecule has 5 nitrogen and oxygen atoms in total. The highest BCUT2D eigenvalue weighted by molar-refractivity contribution is 6.35. The number of methoxy groups -OCH3 is 1. The monoisotopic (exact) mass is 384 g/mol. The van der Waals surface area contributed by atoms with E-state index in [0.29, 0.717) is 27.8 Å². The number of hydrogen-bond acceptors (Lipinski definition) is 5. The maximum Gasteiger partial charge on any atom is 0.349 e. The molecule has 0 aliphatic rings. The molecule has 0 atom stereocenters. The Kier molecular flexibility index (Phi) is 5.62. The molecular formula is C21H17ClO5. The van der Waals surface area contributed by atoms with Gasteiger partial charge in [0.25, 0.3) is 0 Å². The molecule has 27 heavy (non-hydrogen) atoms. The molecule has 6 heteroatoms. The van der Waals surface area contributed by atoms with Gasteiger partial charge in [0.05, 0.1) is 7.11 Å². The Balaban J connectivity index is 1.72. The normalized spacial score (nSPS) is 10.5. The van der Waals surface area contributed by atoms with Gasteiger partial charge in [0.15, 0.2) is 23.9 Å². The second kappa shape index (κ2) is 8.10. The van der Waals surface area contributed by atoms with Crippen molar-refractivity contribution < 1.29 is 23.8 Å². The van der Waals surface area contributed by atoms with E-state index in [2.05, 4.69) is 0 Å². The molecule has 0 aliphatic carbocycles. The summed E-state index contributed by atoms with van der Waals surface area (Å²) in [5.74, 6) is 0.462. The number of carbonyl (C=O) groups is 2. The van der Waals surface area contributed by atoms with Crippen molar-refractivity contribution in [3.8, 4) is 17.2 Å². The van der Waals surface area contributed by atoms with Crippen molar-refractivity contribution in [3.63, 3.8) is 0 Å². The number of hydrogen-bond donors (Lipinski definition) is 0. The summed E-state index contributed by atoms with van der Waals surface area (Å²) < 4.78 is 16.1. The van der Waals surface area contributed by atoms with Crippen LogP contribution in [0.5, 0.6) is 17.2 Å². The Bertz CT molecular complexity index is 1010. The molecule has 0 aliphatic heterocycles. The number of Topliss-reactive ketones (excluding diaryl/α,β-unsaturated/α-hetero) is 1. The molecule has 3 aromatic rings. The Morgan fingerprint density at radius 3 is 2.33 bits per heavy atom. The third kappa shape index (κ3) is 4.20. The quantitative estimate of drug-likeness (QED) is 0.350. The van der Waals surface area contributed by atoms with Crippen LogP contribution in [0.2, 0.25) is 5.02 Å². The Morgan fingerprint density at radius 1 is 0.926 bits per heavy atom. The second-order valence-corrected chi connectivity index (χ2v) is 6.18. The fourth-order valence-electron chi connectivity index (χ4n) is 2.62. The highest BCUT2D eigenvalue weighted by atomic mass is 35.5. The van der Waals surface area contributed by atoms with Gasteiger partial charge in [0, 0.05) is 21.4 Å². The van der Waals surface area contributed by atoms with E-state index in [9.17, 15) is 9.59 Å². The number of ether oxygens (including phenoxy) is 3. The zero-order chi connectivity index (χ0) is 19.4. The summed E-state index contributed by atoms with van der Waals surface area (Å²) in [7, 11) is 1.46. The van der Waals surface area contributed by atoms with Crippen LogP contribution in [0, 0.1) is 0 Å². The first-order valence-electron chi connectivity index (χ1n) is 8.19. The van der Waals surface area contributed by atoms with E-state index < -0.39 is 5.97 Å². The lowest BCUT2D eigenvalue weighted by molar-refractivity contribution is -0.136. The number of fused-ring (bicyclic) bond motifs is 1. The smallest absolute Gasteiger partial charge is 0.349 e. The van der Waals surface area contributed by atoms with Crippen molar-refractivity contribution in [2.45, 2.75) is 6.92 Å². The summed E-state index contributed by atoms with van der Waals surface area (Å²) in [6, 6.07) is 15.5. The predicted molar refractivity (Wildman–Crippen MR) is 103 cm³/mol. The second-order valence-electron chi connectivity index (χ2n) is 5.78. The zero-order valence-electron chi connectivity index (χ0n) is 14.8. The Morgan fingerprint density at radius 2 is 1.63 bits per heavy atom. The number of benzene rings is 3. The molecule has 138 valence electrons. The van der Waals surface area contributed by atoms with Gasteiger partial charge in [-0.1, -0.05) is 35.9 Å². The first kappa shape index (κ1) is 18.7. The van der Waals surface area contributed by atoms with Crippen LogP contribution in [0.4, 0.5) is 0 Å². The van der Waals surface area contributed by atoms with Crippen LogP contribution >= 0.6 is 11.6 Å². The Hall–Kier alpha value is -3.05. The number of esters is 1. The Labute approximate surface area is 161 Å². The molecule has 0 heterocycles. The van der Waals surface area contributed by atoms with Crippen LogP contribution < -0.4 is 14.2 Å². The van der Waals surface area contributed by atoms with E-state index >= 15 is 0 Å². The maximum absolute atomic E-state index is 12.2. The largest absolute Gasteiger partial charge is 0.493 e. The van der Waals surface area contributed by atoms with Crippen LogP contribution in [0.15, 0.2) is 54.6 Å². The molecule has 0 fully saturated rings. The number of rotatable bonds is 6. The van der Waals surface area contributed by atoms with Gasteiger partial charge in [-0.15, -0.1) is 0 Å². The van der Waals surface area contributed by atoms with Crippen LogP contribution in [-0.4, -0.2) is 25.5 Å². The first-order chi connectivity index (χ1) is 13.0. The van der Waals surface area contributed by atoms with Crippen molar-refractivity contribution in [1.29, 1.82) is 0 Å². The van der Waals surface area contributed by atoms with Gasteiger partial charge in [-0.2, -0.15) is 0 Å². The minimum Gasteiger partial charge on any atom is -0.493 e. The molecule has 3 rings (SSSR count). The number of ketones is 1. The molecule has 3 aromatic carbocycles. The molecule has 0 aromatic heterocycles. The average molecular weight is 385 g/mol. The third-order valence-corrected chi connectivity index (χ3v) is 4.30. The molecule has 0 saturated heterocycles. The highest BCUT2D eigenvalue weighted by Crippen LogP contribution is 2.32. The van der Waals surface area contributed by atoms with Crippen molar-refractivity contribution in [3.05, 3.63) is 65.2 Å². The average Bonchev–Trinajstić information content (AvgIpc) is 2.68. The minimum atomic E-state index is -0.569. The topological polar surface area (TPSA) is 61.8 Å². The zero-order valence-corrected chi connectivity index (χ0v) is 15.6. The summed E-state index contributed by atoms with van der Waals surface area (Å²) in [4.78, 5) is 23.7. The molecule has 0 N–H and O–H groups in total. The molecule has 0 amide bonds. The van der Waals surface area contributed by atoms with Gasteiger partial charge in [-0.25, -0.2) is 4.79 Å². The molecule has 0 bridgehead atoms. The predicted octanol–water partition coefficient (Wildman–Crippen LogP) is 4.69. The van der Waals surface area contributed by atoms with Gasteiger partial charge >= 0.3 is 5.97 Å². The third-order valence-electron chi connectivity index (χ3n) is 3.97. The molecular weight excluding hydrogens is 368 g/mol. The van der Waals surface area contributed by atoms with Crippen molar-refractivity contribution in [2.75, 3.05) is 13.7 Å². The van der Waals surface area contributed by atoms with Gasteiger partial charge in [0.2, 0.25) is 0 Å². The molecule has 0 unspecified atom stereocenters. The van der Waals surface area contributed by atoms with Crippen LogP contribution in [0.25, 0.3) is 10.8 Å². The summed E-state index contributed by atoms with van der Waals surface area (Å²) >= 11 is 6.17. The van der Waals surface area contributed by atoms with Gasteiger partial charge < -0.3 is 14.2 Å². The van der Waals surface area contributed by atoms with Gasteiger partial charge in [-0.05, 0) is 37.3 Å². The molecule has 0 saturated carbocycles. The first-order valence-corrected chi connectivity index (χ1v) is 8.57. The SMILES string of the molecule is COc1cc(C(C)=O)ccc1OCC(=O)Oc1ccc(Cl)c2ccccc12. The van der Waals surface area contributed by atoms with E-state index in [-0.39, 0.29) is 12.4 Å². The van der Waals surface area contributed by atoms with Gasteiger partial charge in [0.1, 0.15) is 5.75 Å². The number of carbonyl (C=O) groups excluding carboxylic acids is 2. The van der Waals surface area contributed by atoms with Crippen molar-refractivity contribution in [1.82, 2.24) is 0 Å². The van der Waals surface area contributed by atoms with E-state index in [0.717, 1.165) is 10.8 Å². The summed E-state index contributed by atoms with van der Waals surface area (Å²) in [6.45, 7) is 1.15. The van der Waals surface area contributed by atoms with E-state index in [1.807, 2.05) is 24.3 Å². The lowest BCUT2D eigenvalue weighted by Crippen LogP contribution is -2.18. The summed E-state index contributed by atoms with van der Waals surface area (Å²) in [6.07, 6.45) is 0. The van der Waals surface area contributed by atoms with E-state index in [4.69, 9.17) is 25.8 Å². The lowest BCUT2D eigenvalue weighted by atomic mass is 10.1. The maximum atomic E-state index is 12.2. The number of halogens is 1. The van der Waals surface area contributed by atoms with Crippen molar-refractivity contribution in [2.24, 2.45) is 0 Å². The fourth-order valence-corrected chi connectivity index (χ4v) is 2.85. The van der Waals surface area contributed by atoms with Crippen molar-refractivity contribution >= 4 is 34.1 Å². The lowest BCUT2D eigenvalue weighted by Gasteiger charge is -2.12. The van der Waals surface area contributed by atoms with E-state index in [1.165, 1.54) is 14.0 Å². The van der Waals surface area contributed by atoms with Gasteiger partial charge in [-0.3, -0.25) is 4.79 Å².